The third-order valence-corrected chi connectivity index (χ3v) is 5.53. The van der Waals surface area contributed by atoms with E-state index in [0.29, 0.717) is 43.6 Å². The quantitative estimate of drug-likeness (QED) is 0.697. The predicted molar refractivity (Wildman–Crippen MR) is 96.6 cm³/mol. The van der Waals surface area contributed by atoms with Crippen LogP contribution in [0.2, 0.25) is 0 Å². The Morgan fingerprint density at radius 3 is 2.62 bits per heavy atom. The number of likely N-dealkylation sites (tertiary alicyclic amines) is 1. The molecule has 2 aromatic rings. The second kappa shape index (κ2) is 6.05. The molecule has 0 bridgehead atoms. The Morgan fingerprint density at radius 1 is 1.12 bits per heavy atom. The van der Waals surface area contributed by atoms with Crippen LogP contribution in [-0.4, -0.2) is 63.8 Å². The lowest BCUT2D eigenvalue weighted by Gasteiger charge is -2.40. The summed E-state index contributed by atoms with van der Waals surface area (Å²) in [6.07, 6.45) is 1.24. The van der Waals surface area contributed by atoms with Crippen molar-refractivity contribution in [2.45, 2.75) is 32.2 Å². The summed E-state index contributed by atoms with van der Waals surface area (Å²) >= 11 is 0. The predicted octanol–water partition coefficient (Wildman–Crippen LogP) is 0.678. The van der Waals surface area contributed by atoms with Gasteiger partial charge < -0.3 is 15.5 Å². The topological polar surface area (TPSA) is 103 Å². The zero-order valence-electron chi connectivity index (χ0n) is 15.1. The van der Waals surface area contributed by atoms with Crippen molar-refractivity contribution in [3.8, 4) is 0 Å². The van der Waals surface area contributed by atoms with Gasteiger partial charge in [0, 0.05) is 31.7 Å². The highest BCUT2D eigenvalue weighted by Crippen LogP contribution is 2.28. The van der Waals surface area contributed by atoms with Gasteiger partial charge in [-0.25, -0.2) is 0 Å². The number of aromatic amines is 1. The first-order chi connectivity index (χ1) is 12.4. The summed E-state index contributed by atoms with van der Waals surface area (Å²) in [5.74, 6) is 0.0262. The van der Waals surface area contributed by atoms with Crippen LogP contribution >= 0.6 is 0 Å². The molecule has 138 valence electrons. The summed E-state index contributed by atoms with van der Waals surface area (Å²) in [7, 11) is 0. The maximum Gasteiger partial charge on any atom is 0.253 e. The van der Waals surface area contributed by atoms with Gasteiger partial charge in [0.1, 0.15) is 16.6 Å². The smallest absolute Gasteiger partial charge is 0.253 e. The van der Waals surface area contributed by atoms with E-state index in [9.17, 15) is 9.59 Å². The zero-order valence-corrected chi connectivity index (χ0v) is 15.1. The SMILES string of the molecule is CC1(C)CNC(=O)C2(CCN(C(=O)c3ccc4n[nH]nc4c3)CC2)NC1. The number of fused-ring (bicyclic) bond motifs is 1. The molecular weight excluding hydrogens is 332 g/mol. The van der Waals surface area contributed by atoms with E-state index in [2.05, 4.69) is 39.9 Å². The monoisotopic (exact) mass is 356 g/mol. The lowest BCUT2D eigenvalue weighted by molar-refractivity contribution is -0.128. The molecule has 0 saturated carbocycles. The third-order valence-electron chi connectivity index (χ3n) is 5.53. The van der Waals surface area contributed by atoms with Crippen molar-refractivity contribution >= 4 is 22.8 Å². The van der Waals surface area contributed by atoms with E-state index < -0.39 is 5.54 Å². The normalized spacial score (nSPS) is 22.2. The van der Waals surface area contributed by atoms with Crippen LogP contribution in [-0.2, 0) is 4.79 Å². The molecule has 2 aliphatic rings. The molecule has 2 amide bonds. The summed E-state index contributed by atoms with van der Waals surface area (Å²) in [6.45, 7) is 6.83. The van der Waals surface area contributed by atoms with Gasteiger partial charge in [-0.15, -0.1) is 0 Å². The van der Waals surface area contributed by atoms with Crippen LogP contribution < -0.4 is 10.6 Å². The largest absolute Gasteiger partial charge is 0.354 e. The fourth-order valence-corrected chi connectivity index (χ4v) is 3.69. The first-order valence-electron chi connectivity index (χ1n) is 9.02. The zero-order chi connectivity index (χ0) is 18.4. The molecular formula is C18H24N6O2. The number of H-pyrrole nitrogens is 1. The fraction of sp³-hybridized carbons (Fsp3) is 0.556. The molecule has 1 aromatic carbocycles. The van der Waals surface area contributed by atoms with Crippen molar-refractivity contribution in [3.63, 3.8) is 0 Å². The van der Waals surface area contributed by atoms with E-state index in [4.69, 9.17) is 0 Å². The number of benzene rings is 1. The van der Waals surface area contributed by atoms with Crippen LogP contribution in [0.4, 0.5) is 0 Å². The first kappa shape index (κ1) is 17.0. The average Bonchev–Trinajstić information content (AvgIpc) is 3.08. The molecule has 8 heteroatoms. The molecule has 2 aliphatic heterocycles. The molecule has 2 saturated heterocycles. The van der Waals surface area contributed by atoms with Crippen LogP contribution in [0.5, 0.6) is 0 Å². The number of rotatable bonds is 1. The second-order valence-corrected chi connectivity index (χ2v) is 8.10. The van der Waals surface area contributed by atoms with E-state index in [0.717, 1.165) is 12.1 Å². The van der Waals surface area contributed by atoms with Gasteiger partial charge in [0.25, 0.3) is 5.91 Å². The molecule has 4 rings (SSSR count). The van der Waals surface area contributed by atoms with Gasteiger partial charge in [0.2, 0.25) is 5.91 Å². The average molecular weight is 356 g/mol. The molecule has 8 nitrogen and oxygen atoms in total. The van der Waals surface area contributed by atoms with Crippen molar-refractivity contribution in [1.82, 2.24) is 30.9 Å². The maximum absolute atomic E-state index is 12.8. The van der Waals surface area contributed by atoms with Crippen LogP contribution in [0, 0.1) is 5.41 Å². The molecule has 0 unspecified atom stereocenters. The van der Waals surface area contributed by atoms with E-state index in [-0.39, 0.29) is 17.2 Å². The number of hydrogen-bond acceptors (Lipinski definition) is 5. The number of nitrogens with one attached hydrogen (secondary N) is 3. The van der Waals surface area contributed by atoms with Gasteiger partial charge >= 0.3 is 0 Å². The number of hydrogen-bond donors (Lipinski definition) is 3. The highest BCUT2D eigenvalue weighted by Gasteiger charge is 2.45. The lowest BCUT2D eigenvalue weighted by atomic mass is 9.85. The third kappa shape index (κ3) is 2.94. The number of amides is 2. The molecule has 0 radical (unpaired) electrons. The Hall–Kier alpha value is -2.48. The number of piperidine rings is 1. The minimum absolute atomic E-state index is 0.0269. The summed E-state index contributed by atoms with van der Waals surface area (Å²) in [5, 5.41) is 17.2. The Labute approximate surface area is 151 Å². The molecule has 1 spiro atoms. The molecule has 3 heterocycles. The van der Waals surface area contributed by atoms with Crippen LogP contribution in [0.3, 0.4) is 0 Å². The van der Waals surface area contributed by atoms with E-state index in [1.165, 1.54) is 0 Å². The summed E-state index contributed by atoms with van der Waals surface area (Å²) in [4.78, 5) is 27.3. The van der Waals surface area contributed by atoms with Gasteiger partial charge in [-0.1, -0.05) is 13.8 Å². The van der Waals surface area contributed by atoms with Crippen LogP contribution in [0.1, 0.15) is 37.0 Å². The second-order valence-electron chi connectivity index (χ2n) is 8.10. The van der Waals surface area contributed by atoms with E-state index in [1.807, 2.05) is 4.90 Å². The molecule has 0 aliphatic carbocycles. The van der Waals surface area contributed by atoms with Gasteiger partial charge in [-0.2, -0.15) is 15.4 Å². The van der Waals surface area contributed by atoms with Crippen molar-refractivity contribution in [3.05, 3.63) is 23.8 Å². The Morgan fingerprint density at radius 2 is 1.85 bits per heavy atom. The molecule has 26 heavy (non-hydrogen) atoms. The summed E-state index contributed by atoms with van der Waals surface area (Å²) in [5.41, 5.74) is 1.47. The van der Waals surface area contributed by atoms with Gasteiger partial charge in [0.15, 0.2) is 0 Å². The fourth-order valence-electron chi connectivity index (χ4n) is 3.69. The van der Waals surface area contributed by atoms with E-state index >= 15 is 0 Å². The van der Waals surface area contributed by atoms with Crippen molar-refractivity contribution < 1.29 is 9.59 Å². The minimum Gasteiger partial charge on any atom is -0.354 e. The first-order valence-corrected chi connectivity index (χ1v) is 9.02. The Balaban J connectivity index is 1.47. The molecule has 0 atom stereocenters. The highest BCUT2D eigenvalue weighted by atomic mass is 16.2. The molecule has 1 aromatic heterocycles. The Bertz CT molecular complexity index is 850. The number of aromatic nitrogens is 3. The minimum atomic E-state index is -0.569. The van der Waals surface area contributed by atoms with E-state index in [1.54, 1.807) is 18.2 Å². The van der Waals surface area contributed by atoms with Crippen molar-refractivity contribution in [2.24, 2.45) is 5.41 Å². The summed E-state index contributed by atoms with van der Waals surface area (Å²) in [6, 6.07) is 5.32. The van der Waals surface area contributed by atoms with Crippen molar-refractivity contribution in [2.75, 3.05) is 26.2 Å². The maximum atomic E-state index is 12.8. The number of carbonyl (C=O) groups is 2. The number of carbonyl (C=O) groups excluding carboxylic acids is 2. The number of nitrogens with zero attached hydrogens (tertiary/aromatic N) is 3. The molecule has 2 fully saturated rings. The van der Waals surface area contributed by atoms with Gasteiger partial charge in [-0.05, 0) is 36.5 Å². The Kier molecular flexibility index (Phi) is 3.95. The van der Waals surface area contributed by atoms with Crippen LogP contribution in [0.15, 0.2) is 18.2 Å². The van der Waals surface area contributed by atoms with Gasteiger partial charge in [-0.3, -0.25) is 9.59 Å². The highest BCUT2D eigenvalue weighted by molar-refractivity contribution is 5.97. The van der Waals surface area contributed by atoms with Gasteiger partial charge in [0.05, 0.1) is 0 Å². The van der Waals surface area contributed by atoms with Crippen molar-refractivity contribution in [1.29, 1.82) is 0 Å². The lowest BCUT2D eigenvalue weighted by Crippen LogP contribution is -2.61. The summed E-state index contributed by atoms with van der Waals surface area (Å²) < 4.78 is 0. The molecule has 3 N–H and O–H groups in total. The standard InChI is InChI=1S/C18H24N6O2/c1-17(2)10-19-16(26)18(20-11-17)5-7-24(8-6-18)15(25)12-3-4-13-14(9-12)22-23-21-13/h3-4,9,20H,5-8,10-11H2,1-2H3,(H,19,26)(H,21,22,23). The van der Waals surface area contributed by atoms with Crippen LogP contribution in [0.25, 0.3) is 11.0 Å².